The smallest absolute Gasteiger partial charge is 0.392 e. The van der Waals surface area contributed by atoms with Crippen molar-refractivity contribution < 1.29 is 19.5 Å². The Hall–Kier alpha value is -0.940. The molecule has 0 amide bonds. The van der Waals surface area contributed by atoms with Crippen LogP contribution in [0.1, 0.15) is 39.0 Å². The molecular weight excluding hydrogens is 210 g/mol. The molecule has 0 aromatic rings. The molecule has 1 aliphatic rings. The fourth-order valence-corrected chi connectivity index (χ4v) is 2.02. The van der Waals surface area contributed by atoms with Crippen LogP contribution in [0.4, 0.5) is 0 Å². The van der Waals surface area contributed by atoms with Gasteiger partial charge in [0.2, 0.25) is 5.78 Å². The van der Waals surface area contributed by atoms with Crippen molar-refractivity contribution >= 4 is 11.8 Å². The fourth-order valence-electron chi connectivity index (χ4n) is 2.02. The molecule has 1 aliphatic carbocycles. The van der Waals surface area contributed by atoms with Gasteiger partial charge in [-0.05, 0) is 18.8 Å². The summed E-state index contributed by atoms with van der Waals surface area (Å²) < 4.78 is 0. The van der Waals surface area contributed by atoms with E-state index in [9.17, 15) is 14.7 Å². The number of carbonyl (C=O) groups excluding carboxylic acids is 2. The van der Waals surface area contributed by atoms with Crippen molar-refractivity contribution in [1.82, 2.24) is 5.48 Å². The summed E-state index contributed by atoms with van der Waals surface area (Å²) in [5.41, 5.74) is 2.50. The first-order valence-electron chi connectivity index (χ1n) is 5.73. The van der Waals surface area contributed by atoms with Crippen LogP contribution in [0.15, 0.2) is 0 Å². The quantitative estimate of drug-likeness (QED) is 0.532. The van der Waals surface area contributed by atoms with E-state index in [1.807, 2.05) is 0 Å². The maximum atomic E-state index is 10.9. The molecule has 0 saturated heterocycles. The summed E-state index contributed by atoms with van der Waals surface area (Å²) in [5, 5.41) is 9.19. The van der Waals surface area contributed by atoms with Crippen molar-refractivity contribution in [3.8, 4) is 0 Å². The number of nitrogens with one attached hydrogen (secondary N) is 1. The molecular formula is C11H19NO4. The van der Waals surface area contributed by atoms with Crippen LogP contribution in [0, 0.1) is 5.92 Å². The van der Waals surface area contributed by atoms with Gasteiger partial charge in [0, 0.05) is 6.92 Å². The van der Waals surface area contributed by atoms with Crippen molar-refractivity contribution in [2.45, 2.75) is 45.1 Å². The van der Waals surface area contributed by atoms with Gasteiger partial charge in [-0.1, -0.05) is 19.3 Å². The SMILES string of the molecule is CC(=O)C(=O)ONC(CO)C1CCCCC1. The van der Waals surface area contributed by atoms with Crippen LogP contribution in [-0.4, -0.2) is 29.5 Å². The predicted octanol–water partition coefficient (Wildman–Crippen LogP) is 0.564. The number of carbonyl (C=O) groups is 2. The zero-order valence-electron chi connectivity index (χ0n) is 9.57. The molecule has 0 radical (unpaired) electrons. The highest BCUT2D eigenvalue weighted by Crippen LogP contribution is 2.26. The summed E-state index contributed by atoms with van der Waals surface area (Å²) >= 11 is 0. The van der Waals surface area contributed by atoms with E-state index < -0.39 is 11.8 Å². The van der Waals surface area contributed by atoms with Gasteiger partial charge in [-0.2, -0.15) is 0 Å². The topological polar surface area (TPSA) is 75.6 Å². The van der Waals surface area contributed by atoms with Gasteiger partial charge in [-0.25, -0.2) is 4.79 Å². The van der Waals surface area contributed by atoms with Crippen LogP contribution in [-0.2, 0) is 14.4 Å². The average Bonchev–Trinajstić information content (AvgIpc) is 2.30. The Labute approximate surface area is 95.1 Å². The van der Waals surface area contributed by atoms with E-state index >= 15 is 0 Å². The van der Waals surface area contributed by atoms with Crippen LogP contribution >= 0.6 is 0 Å². The van der Waals surface area contributed by atoms with Gasteiger partial charge in [0.05, 0.1) is 12.6 Å². The van der Waals surface area contributed by atoms with Crippen LogP contribution in [0.5, 0.6) is 0 Å². The maximum Gasteiger partial charge on any atom is 0.392 e. The Morgan fingerprint density at radius 2 is 2.00 bits per heavy atom. The molecule has 0 spiro atoms. The lowest BCUT2D eigenvalue weighted by atomic mass is 9.84. The number of hydroxylamine groups is 1. The number of ketones is 1. The van der Waals surface area contributed by atoms with Crippen LogP contribution in [0.25, 0.3) is 0 Å². The first kappa shape index (κ1) is 13.1. The number of aliphatic hydroxyl groups is 1. The summed E-state index contributed by atoms with van der Waals surface area (Å²) in [6, 6.07) is -0.261. The maximum absolute atomic E-state index is 10.9. The van der Waals surface area contributed by atoms with E-state index in [2.05, 4.69) is 10.3 Å². The largest absolute Gasteiger partial charge is 0.395 e. The summed E-state index contributed by atoms with van der Waals surface area (Å²) in [4.78, 5) is 26.2. The van der Waals surface area contributed by atoms with Gasteiger partial charge in [0.1, 0.15) is 0 Å². The number of rotatable bonds is 5. The van der Waals surface area contributed by atoms with Crippen molar-refractivity contribution in [3.05, 3.63) is 0 Å². The molecule has 0 heterocycles. The zero-order chi connectivity index (χ0) is 12.0. The minimum atomic E-state index is -0.908. The molecule has 5 heteroatoms. The van der Waals surface area contributed by atoms with Crippen LogP contribution in [0.3, 0.4) is 0 Å². The molecule has 0 bridgehead atoms. The average molecular weight is 229 g/mol. The number of hydrogen-bond donors (Lipinski definition) is 2. The van der Waals surface area contributed by atoms with Crippen molar-refractivity contribution in [1.29, 1.82) is 0 Å². The fraction of sp³-hybridized carbons (Fsp3) is 0.818. The highest BCUT2D eigenvalue weighted by molar-refractivity contribution is 6.32. The first-order valence-corrected chi connectivity index (χ1v) is 5.73. The van der Waals surface area contributed by atoms with Crippen molar-refractivity contribution in [2.75, 3.05) is 6.61 Å². The Bertz CT molecular complexity index is 248. The minimum Gasteiger partial charge on any atom is -0.395 e. The minimum absolute atomic E-state index is 0.0874. The van der Waals surface area contributed by atoms with Gasteiger partial charge < -0.3 is 9.94 Å². The van der Waals surface area contributed by atoms with E-state index in [0.717, 1.165) is 32.6 Å². The summed E-state index contributed by atoms with van der Waals surface area (Å²) in [6.07, 6.45) is 5.56. The molecule has 16 heavy (non-hydrogen) atoms. The second kappa shape index (κ2) is 6.60. The van der Waals surface area contributed by atoms with E-state index in [1.165, 1.54) is 6.42 Å². The van der Waals surface area contributed by atoms with E-state index in [0.29, 0.717) is 5.92 Å². The van der Waals surface area contributed by atoms with Gasteiger partial charge in [-0.3, -0.25) is 4.79 Å². The first-order chi connectivity index (χ1) is 7.65. The second-order valence-corrected chi connectivity index (χ2v) is 4.25. The van der Waals surface area contributed by atoms with Crippen LogP contribution < -0.4 is 5.48 Å². The molecule has 92 valence electrons. The van der Waals surface area contributed by atoms with Gasteiger partial charge in [-0.15, -0.1) is 5.48 Å². The highest BCUT2D eigenvalue weighted by Gasteiger charge is 2.24. The molecule has 0 aliphatic heterocycles. The monoisotopic (exact) mass is 229 g/mol. The van der Waals surface area contributed by atoms with Crippen molar-refractivity contribution in [3.63, 3.8) is 0 Å². The van der Waals surface area contributed by atoms with Gasteiger partial charge in [0.25, 0.3) is 0 Å². The number of Topliss-reactive ketones (excluding diaryl/α,β-unsaturated/α-hetero) is 1. The third-order valence-electron chi connectivity index (χ3n) is 3.01. The Kier molecular flexibility index (Phi) is 5.42. The summed E-state index contributed by atoms with van der Waals surface area (Å²) in [6.45, 7) is 1.06. The van der Waals surface area contributed by atoms with Crippen molar-refractivity contribution in [2.24, 2.45) is 5.92 Å². The lowest BCUT2D eigenvalue weighted by Crippen LogP contribution is -2.42. The lowest BCUT2D eigenvalue weighted by Gasteiger charge is -2.28. The highest BCUT2D eigenvalue weighted by atomic mass is 16.7. The number of aliphatic hydroxyl groups excluding tert-OH is 1. The Balaban J connectivity index is 2.35. The third-order valence-corrected chi connectivity index (χ3v) is 3.01. The lowest BCUT2D eigenvalue weighted by molar-refractivity contribution is -0.161. The van der Waals surface area contributed by atoms with Gasteiger partial charge >= 0.3 is 5.97 Å². The van der Waals surface area contributed by atoms with Gasteiger partial charge in [0.15, 0.2) is 0 Å². The third kappa shape index (κ3) is 3.90. The molecule has 0 aromatic heterocycles. The molecule has 1 saturated carbocycles. The zero-order valence-corrected chi connectivity index (χ0v) is 9.57. The molecule has 0 aromatic carbocycles. The predicted molar refractivity (Wildman–Crippen MR) is 57.4 cm³/mol. The molecule has 2 N–H and O–H groups in total. The Morgan fingerprint density at radius 1 is 1.38 bits per heavy atom. The van der Waals surface area contributed by atoms with E-state index in [4.69, 9.17) is 0 Å². The molecule has 5 nitrogen and oxygen atoms in total. The summed E-state index contributed by atoms with van der Waals surface area (Å²) in [5.74, 6) is -1.24. The molecule has 1 fully saturated rings. The number of hydrogen-bond acceptors (Lipinski definition) is 5. The second-order valence-electron chi connectivity index (χ2n) is 4.25. The molecule has 1 atom stereocenters. The summed E-state index contributed by atoms with van der Waals surface area (Å²) in [7, 11) is 0. The molecule has 1 unspecified atom stereocenters. The van der Waals surface area contributed by atoms with Crippen LogP contribution in [0.2, 0.25) is 0 Å². The standard InChI is InChI=1S/C11H19NO4/c1-8(14)11(15)16-12-10(7-13)9-5-3-2-4-6-9/h9-10,12-13H,2-7H2,1H3. The van der Waals surface area contributed by atoms with E-state index in [-0.39, 0.29) is 12.6 Å². The Morgan fingerprint density at radius 3 is 2.50 bits per heavy atom. The molecule has 1 rings (SSSR count). The van der Waals surface area contributed by atoms with E-state index in [1.54, 1.807) is 0 Å². The normalized spacial score (nSPS) is 19.1.